The van der Waals surface area contributed by atoms with Gasteiger partial charge in [0.2, 0.25) is 5.28 Å². The number of halogens is 1. The molecule has 0 unspecified atom stereocenters. The van der Waals surface area contributed by atoms with Crippen LogP contribution in [0.2, 0.25) is 5.28 Å². The molecular weight excluding hydrogens is 296 g/mol. The third kappa shape index (κ3) is 3.07. The Labute approximate surface area is 124 Å². The number of ether oxygens (including phenoxy) is 1. The molecule has 1 aromatic carbocycles. The number of hydrogen-bond donors (Lipinski definition) is 0. The summed E-state index contributed by atoms with van der Waals surface area (Å²) in [5.74, 6) is 0.0435. The van der Waals surface area contributed by atoms with Gasteiger partial charge >= 0.3 is 11.6 Å². The van der Waals surface area contributed by atoms with Crippen LogP contribution in [0.15, 0.2) is 18.2 Å². The predicted molar refractivity (Wildman–Crippen MR) is 74.4 cm³/mol. The molecular formula is C13H9ClN4O3. The van der Waals surface area contributed by atoms with E-state index < -0.39 is 4.92 Å². The van der Waals surface area contributed by atoms with E-state index in [1.807, 2.05) is 6.07 Å². The lowest BCUT2D eigenvalue weighted by Crippen LogP contribution is -2.02. The van der Waals surface area contributed by atoms with Crippen molar-refractivity contribution in [1.82, 2.24) is 9.97 Å². The Hall–Kier alpha value is -2.72. The fraction of sp³-hybridized carbons (Fsp3) is 0.154. The van der Waals surface area contributed by atoms with E-state index in [0.717, 1.165) is 0 Å². The molecule has 2 aromatic rings. The van der Waals surface area contributed by atoms with E-state index in [4.69, 9.17) is 21.6 Å². The van der Waals surface area contributed by atoms with Crippen molar-refractivity contribution in [3.8, 4) is 17.7 Å². The van der Waals surface area contributed by atoms with Crippen molar-refractivity contribution < 1.29 is 9.66 Å². The van der Waals surface area contributed by atoms with Crippen LogP contribution in [0.25, 0.3) is 0 Å². The third-order valence-corrected chi connectivity index (χ3v) is 2.87. The van der Waals surface area contributed by atoms with Crippen molar-refractivity contribution in [3.05, 3.63) is 50.4 Å². The van der Waals surface area contributed by atoms with Crippen molar-refractivity contribution in [3.63, 3.8) is 0 Å². The zero-order valence-electron chi connectivity index (χ0n) is 11.1. The summed E-state index contributed by atoms with van der Waals surface area (Å²) in [7, 11) is 0. The molecule has 7 nitrogen and oxygen atoms in total. The molecule has 1 heterocycles. The van der Waals surface area contributed by atoms with Crippen molar-refractivity contribution >= 4 is 17.3 Å². The van der Waals surface area contributed by atoms with E-state index in [2.05, 4.69) is 9.97 Å². The molecule has 1 aromatic heterocycles. The van der Waals surface area contributed by atoms with E-state index in [0.29, 0.717) is 16.9 Å². The first-order valence-corrected chi connectivity index (χ1v) is 6.17. The number of aryl methyl sites for hydroxylation is 2. The number of nitrogens with zero attached hydrogens (tertiary/aromatic N) is 4. The van der Waals surface area contributed by atoms with Gasteiger partial charge in [-0.2, -0.15) is 10.2 Å². The van der Waals surface area contributed by atoms with Crippen molar-refractivity contribution in [2.24, 2.45) is 0 Å². The SMILES string of the molecule is Cc1ccc(C#N)cc1Oc1nc(Cl)nc(C)c1[N+](=O)[O-]. The van der Waals surface area contributed by atoms with Gasteiger partial charge < -0.3 is 4.74 Å². The topological polar surface area (TPSA) is 102 Å². The van der Waals surface area contributed by atoms with Crippen LogP contribution in [-0.2, 0) is 0 Å². The van der Waals surface area contributed by atoms with Gasteiger partial charge in [0.15, 0.2) is 0 Å². The van der Waals surface area contributed by atoms with E-state index in [1.54, 1.807) is 19.1 Å². The molecule has 0 radical (unpaired) electrons. The fourth-order valence-electron chi connectivity index (χ4n) is 1.67. The zero-order valence-corrected chi connectivity index (χ0v) is 11.9. The lowest BCUT2D eigenvalue weighted by molar-refractivity contribution is -0.386. The summed E-state index contributed by atoms with van der Waals surface area (Å²) in [6.45, 7) is 3.19. The largest absolute Gasteiger partial charge is 0.433 e. The first-order chi connectivity index (χ1) is 9.92. The van der Waals surface area contributed by atoms with Crippen LogP contribution in [-0.4, -0.2) is 14.9 Å². The fourth-order valence-corrected chi connectivity index (χ4v) is 1.88. The number of rotatable bonds is 3. The van der Waals surface area contributed by atoms with Gasteiger partial charge in [-0.3, -0.25) is 10.1 Å². The molecule has 0 saturated carbocycles. The lowest BCUT2D eigenvalue weighted by atomic mass is 10.1. The summed E-state index contributed by atoms with van der Waals surface area (Å²) in [5, 5.41) is 19.8. The second kappa shape index (κ2) is 5.73. The molecule has 0 amide bonds. The molecule has 0 bridgehead atoms. The minimum Gasteiger partial charge on any atom is -0.433 e. The van der Waals surface area contributed by atoms with Gasteiger partial charge in [0, 0.05) is 0 Å². The van der Waals surface area contributed by atoms with Crippen LogP contribution in [0, 0.1) is 35.3 Å². The van der Waals surface area contributed by atoms with Crippen LogP contribution < -0.4 is 4.74 Å². The second-order valence-electron chi connectivity index (χ2n) is 4.18. The summed E-state index contributed by atoms with van der Waals surface area (Å²) in [4.78, 5) is 18.0. The van der Waals surface area contributed by atoms with E-state index in [-0.39, 0.29) is 22.5 Å². The van der Waals surface area contributed by atoms with E-state index in [1.165, 1.54) is 13.0 Å². The number of hydrogen-bond acceptors (Lipinski definition) is 6. The first-order valence-electron chi connectivity index (χ1n) is 5.79. The Morgan fingerprint density at radius 1 is 1.38 bits per heavy atom. The van der Waals surface area contributed by atoms with E-state index >= 15 is 0 Å². The highest BCUT2D eigenvalue weighted by Gasteiger charge is 2.24. The molecule has 8 heteroatoms. The van der Waals surface area contributed by atoms with Crippen LogP contribution in [0.3, 0.4) is 0 Å². The molecule has 21 heavy (non-hydrogen) atoms. The van der Waals surface area contributed by atoms with Gasteiger partial charge in [0.25, 0.3) is 0 Å². The maximum absolute atomic E-state index is 11.1. The quantitative estimate of drug-likeness (QED) is 0.489. The molecule has 0 saturated heterocycles. The molecule has 0 atom stereocenters. The molecule has 106 valence electrons. The van der Waals surface area contributed by atoms with Gasteiger partial charge in [-0.25, -0.2) is 4.98 Å². The molecule has 0 N–H and O–H groups in total. The number of aromatic nitrogens is 2. The van der Waals surface area contributed by atoms with Crippen LogP contribution in [0.1, 0.15) is 16.8 Å². The summed E-state index contributed by atoms with van der Waals surface area (Å²) < 4.78 is 5.48. The van der Waals surface area contributed by atoms with Crippen LogP contribution >= 0.6 is 11.6 Å². The normalized spacial score (nSPS) is 10.0. The van der Waals surface area contributed by atoms with Crippen LogP contribution in [0.5, 0.6) is 11.6 Å². The predicted octanol–water partition coefficient (Wildman–Crippen LogP) is 3.32. The Kier molecular flexibility index (Phi) is 4.00. The summed E-state index contributed by atoms with van der Waals surface area (Å²) in [6, 6.07) is 6.74. The Balaban J connectivity index is 2.54. The maximum Gasteiger partial charge on any atom is 0.352 e. The van der Waals surface area contributed by atoms with Gasteiger partial charge in [-0.05, 0) is 43.1 Å². The summed E-state index contributed by atoms with van der Waals surface area (Å²) in [6.07, 6.45) is 0. The maximum atomic E-state index is 11.1. The first kappa shape index (κ1) is 14.7. The average molecular weight is 305 g/mol. The highest BCUT2D eigenvalue weighted by Crippen LogP contribution is 2.33. The van der Waals surface area contributed by atoms with Crippen molar-refractivity contribution in [1.29, 1.82) is 5.26 Å². The second-order valence-corrected chi connectivity index (χ2v) is 4.52. The number of nitro groups is 1. The Morgan fingerprint density at radius 3 is 2.71 bits per heavy atom. The average Bonchev–Trinajstić information content (AvgIpc) is 2.40. The molecule has 2 rings (SSSR count). The molecule has 0 aliphatic carbocycles. The van der Waals surface area contributed by atoms with Gasteiger partial charge in [-0.1, -0.05) is 6.07 Å². The number of benzene rings is 1. The van der Waals surface area contributed by atoms with Crippen molar-refractivity contribution in [2.75, 3.05) is 0 Å². The number of nitriles is 1. The standard InChI is InChI=1S/C13H9ClN4O3/c1-7-3-4-9(6-15)5-10(7)21-12-11(18(19)20)8(2)16-13(14)17-12/h3-5H,1-2H3. The van der Waals surface area contributed by atoms with Crippen molar-refractivity contribution in [2.45, 2.75) is 13.8 Å². The van der Waals surface area contributed by atoms with Crippen LogP contribution in [0.4, 0.5) is 5.69 Å². The highest BCUT2D eigenvalue weighted by molar-refractivity contribution is 6.28. The molecule has 0 aliphatic rings. The molecule has 0 aliphatic heterocycles. The monoisotopic (exact) mass is 304 g/mol. The third-order valence-electron chi connectivity index (χ3n) is 2.71. The minimum atomic E-state index is -0.634. The Morgan fingerprint density at radius 2 is 2.10 bits per heavy atom. The zero-order chi connectivity index (χ0) is 15.6. The lowest BCUT2D eigenvalue weighted by Gasteiger charge is -2.09. The summed E-state index contributed by atoms with van der Waals surface area (Å²) in [5.41, 5.74) is 0.816. The minimum absolute atomic E-state index is 0.101. The van der Waals surface area contributed by atoms with Gasteiger partial charge in [0.1, 0.15) is 11.4 Å². The van der Waals surface area contributed by atoms with Gasteiger partial charge in [0.05, 0.1) is 16.6 Å². The molecule has 0 spiro atoms. The smallest absolute Gasteiger partial charge is 0.352 e. The highest BCUT2D eigenvalue weighted by atomic mass is 35.5. The molecule has 0 fully saturated rings. The Bertz CT molecular complexity index is 771. The van der Waals surface area contributed by atoms with E-state index in [9.17, 15) is 10.1 Å². The summed E-state index contributed by atoms with van der Waals surface area (Å²) >= 11 is 5.71. The van der Waals surface area contributed by atoms with Gasteiger partial charge in [-0.15, -0.1) is 0 Å².